The van der Waals surface area contributed by atoms with Crippen LogP contribution in [0, 0.1) is 0 Å². The Morgan fingerprint density at radius 1 is 1.43 bits per heavy atom. The number of likely N-dealkylation sites (N-methyl/N-ethyl adjacent to an activating group) is 1. The average Bonchev–Trinajstić information content (AvgIpc) is 3.04. The minimum absolute atomic E-state index is 0.0206. The van der Waals surface area contributed by atoms with Gasteiger partial charge in [-0.2, -0.15) is 0 Å². The van der Waals surface area contributed by atoms with Crippen LogP contribution in [0.3, 0.4) is 0 Å². The van der Waals surface area contributed by atoms with Crippen LogP contribution in [0.1, 0.15) is 25.3 Å². The number of rotatable bonds is 4. The molecule has 0 bridgehead atoms. The van der Waals surface area contributed by atoms with Crippen molar-refractivity contribution >= 4 is 23.6 Å². The van der Waals surface area contributed by atoms with Gasteiger partial charge in [0.05, 0.1) is 12.0 Å². The minimum Gasteiger partial charge on any atom is -0.497 e. The van der Waals surface area contributed by atoms with Crippen molar-refractivity contribution in [2.24, 2.45) is 0 Å². The number of carbonyl (C=O) groups is 2. The lowest BCUT2D eigenvalue weighted by Crippen LogP contribution is -2.50. The zero-order chi connectivity index (χ0) is 16.6. The monoisotopic (exact) mass is 334 g/mol. The molecule has 2 saturated heterocycles. The number of hydrogen-bond donors (Lipinski definition) is 0. The van der Waals surface area contributed by atoms with Gasteiger partial charge in [0.15, 0.2) is 0 Å². The van der Waals surface area contributed by atoms with E-state index in [4.69, 9.17) is 4.74 Å². The molecule has 2 aliphatic heterocycles. The maximum Gasteiger partial charge on any atom is 0.246 e. The smallest absolute Gasteiger partial charge is 0.246 e. The second-order valence-corrected chi connectivity index (χ2v) is 7.81. The van der Waals surface area contributed by atoms with Crippen LogP contribution < -0.4 is 4.74 Å². The van der Waals surface area contributed by atoms with Crippen LogP contribution in [0.4, 0.5) is 0 Å². The van der Waals surface area contributed by atoms with Crippen LogP contribution in [0.2, 0.25) is 0 Å². The molecule has 5 nitrogen and oxygen atoms in total. The fraction of sp³-hybridized carbons (Fsp3) is 0.529. The predicted octanol–water partition coefficient (Wildman–Crippen LogP) is 2.11. The molecule has 2 atom stereocenters. The van der Waals surface area contributed by atoms with Gasteiger partial charge in [0.2, 0.25) is 11.8 Å². The predicted molar refractivity (Wildman–Crippen MR) is 90.2 cm³/mol. The second-order valence-electron chi connectivity index (χ2n) is 6.31. The Kier molecular flexibility index (Phi) is 4.27. The summed E-state index contributed by atoms with van der Waals surface area (Å²) in [4.78, 5) is 28.3. The maximum absolute atomic E-state index is 12.8. The van der Waals surface area contributed by atoms with E-state index >= 15 is 0 Å². The third-order valence-corrected chi connectivity index (χ3v) is 6.19. The zero-order valence-electron chi connectivity index (χ0n) is 13.7. The highest BCUT2D eigenvalue weighted by Gasteiger charge is 2.53. The van der Waals surface area contributed by atoms with Gasteiger partial charge in [-0.25, -0.2) is 0 Å². The molecule has 2 fully saturated rings. The molecule has 0 unspecified atom stereocenters. The van der Waals surface area contributed by atoms with Crippen molar-refractivity contribution in [3.05, 3.63) is 29.8 Å². The molecule has 124 valence electrons. The van der Waals surface area contributed by atoms with Gasteiger partial charge in [-0.3, -0.25) is 9.59 Å². The fourth-order valence-electron chi connectivity index (χ4n) is 3.34. The molecular formula is C17H22N2O3S. The lowest BCUT2D eigenvalue weighted by molar-refractivity contribution is -0.143. The summed E-state index contributed by atoms with van der Waals surface area (Å²) in [7, 11) is 3.43. The molecule has 2 aliphatic rings. The number of hydrogen-bond acceptors (Lipinski definition) is 4. The number of fused-ring (bicyclic) bond motifs is 1. The van der Waals surface area contributed by atoms with Crippen LogP contribution in [0.25, 0.3) is 0 Å². The third kappa shape index (κ3) is 2.92. The van der Waals surface area contributed by atoms with Gasteiger partial charge in [-0.1, -0.05) is 12.1 Å². The van der Waals surface area contributed by atoms with E-state index in [-0.39, 0.29) is 22.7 Å². The summed E-state index contributed by atoms with van der Waals surface area (Å²) in [6.45, 7) is 2.60. The molecule has 6 heteroatoms. The summed E-state index contributed by atoms with van der Waals surface area (Å²) in [5, 5.41) is 0. The molecule has 3 rings (SSSR count). The summed E-state index contributed by atoms with van der Waals surface area (Å²) in [6, 6.07) is 7.36. The standard InChI is InChI=1S/C17H22N2O3S/c1-17-9-8-15(20)19(17)14(11-23-17)16(21)18(2)10-12-4-6-13(22-3)7-5-12/h4-7,14H,8-11H2,1-3H3/t14-,17-/m0/s1. The summed E-state index contributed by atoms with van der Waals surface area (Å²) >= 11 is 1.73. The highest BCUT2D eigenvalue weighted by atomic mass is 32.2. The van der Waals surface area contributed by atoms with Crippen LogP contribution in [0.5, 0.6) is 5.75 Å². The Labute approximate surface area is 141 Å². The fourth-order valence-corrected chi connectivity index (χ4v) is 4.76. The Morgan fingerprint density at radius 2 is 2.13 bits per heavy atom. The van der Waals surface area contributed by atoms with Gasteiger partial charge < -0.3 is 14.5 Å². The van der Waals surface area contributed by atoms with Crippen molar-refractivity contribution in [3.8, 4) is 5.75 Å². The highest BCUT2D eigenvalue weighted by Crippen LogP contribution is 2.47. The van der Waals surface area contributed by atoms with Crippen molar-refractivity contribution in [1.29, 1.82) is 0 Å². The number of carbonyl (C=O) groups excluding carboxylic acids is 2. The lowest BCUT2D eigenvalue weighted by Gasteiger charge is -2.32. The zero-order valence-corrected chi connectivity index (χ0v) is 14.6. The van der Waals surface area contributed by atoms with E-state index in [1.807, 2.05) is 29.2 Å². The van der Waals surface area contributed by atoms with E-state index in [0.717, 1.165) is 17.7 Å². The molecule has 0 aliphatic carbocycles. The number of thioether (sulfide) groups is 1. The lowest BCUT2D eigenvalue weighted by atomic mass is 10.1. The highest BCUT2D eigenvalue weighted by molar-refractivity contribution is 8.01. The first-order valence-corrected chi connectivity index (χ1v) is 8.77. The summed E-state index contributed by atoms with van der Waals surface area (Å²) in [5.74, 6) is 1.61. The van der Waals surface area contributed by atoms with E-state index in [1.165, 1.54) is 0 Å². The van der Waals surface area contributed by atoms with Crippen LogP contribution in [-0.2, 0) is 16.1 Å². The molecule has 0 radical (unpaired) electrons. The van der Waals surface area contributed by atoms with Gasteiger partial charge in [0.1, 0.15) is 11.8 Å². The van der Waals surface area contributed by atoms with Crippen LogP contribution in [-0.4, -0.2) is 52.4 Å². The summed E-state index contributed by atoms with van der Waals surface area (Å²) < 4.78 is 5.15. The molecule has 23 heavy (non-hydrogen) atoms. The first-order chi connectivity index (χ1) is 10.9. The number of nitrogens with zero attached hydrogens (tertiary/aromatic N) is 2. The third-order valence-electron chi connectivity index (χ3n) is 4.68. The van der Waals surface area contributed by atoms with E-state index in [9.17, 15) is 9.59 Å². The largest absolute Gasteiger partial charge is 0.497 e. The molecule has 2 heterocycles. The van der Waals surface area contributed by atoms with Crippen molar-refractivity contribution in [2.45, 2.75) is 37.2 Å². The number of benzene rings is 1. The van der Waals surface area contributed by atoms with Gasteiger partial charge in [0.25, 0.3) is 0 Å². The quantitative estimate of drug-likeness (QED) is 0.846. The molecular weight excluding hydrogens is 312 g/mol. The molecule has 0 aromatic heterocycles. The van der Waals surface area contributed by atoms with Crippen molar-refractivity contribution in [3.63, 3.8) is 0 Å². The van der Waals surface area contributed by atoms with Gasteiger partial charge >= 0.3 is 0 Å². The van der Waals surface area contributed by atoms with Crippen molar-refractivity contribution in [1.82, 2.24) is 9.80 Å². The van der Waals surface area contributed by atoms with Crippen LogP contribution >= 0.6 is 11.8 Å². The number of amides is 2. The Balaban J connectivity index is 1.68. The first kappa shape index (κ1) is 16.2. The van der Waals surface area contributed by atoms with Gasteiger partial charge in [-0.15, -0.1) is 11.8 Å². The molecule has 0 saturated carbocycles. The Hall–Kier alpha value is -1.69. The van der Waals surface area contributed by atoms with Gasteiger partial charge in [0, 0.05) is 25.8 Å². The van der Waals surface area contributed by atoms with E-state index in [0.29, 0.717) is 18.7 Å². The number of ether oxygens (including phenoxy) is 1. The molecule has 0 N–H and O–H groups in total. The normalized spacial score (nSPS) is 26.3. The SMILES string of the molecule is COc1ccc(CN(C)C(=O)[C@@H]2CS[C@@]3(C)CCC(=O)N23)cc1. The average molecular weight is 334 g/mol. The van der Waals surface area contributed by atoms with E-state index in [1.54, 1.807) is 30.8 Å². The summed E-state index contributed by atoms with van der Waals surface area (Å²) in [6.07, 6.45) is 1.39. The molecule has 1 aromatic rings. The second kappa shape index (κ2) is 6.07. The topological polar surface area (TPSA) is 49.9 Å². The number of methoxy groups -OCH3 is 1. The molecule has 1 aromatic carbocycles. The molecule has 0 spiro atoms. The Morgan fingerprint density at radius 3 is 2.78 bits per heavy atom. The molecule has 2 amide bonds. The van der Waals surface area contributed by atoms with Crippen molar-refractivity contribution < 1.29 is 14.3 Å². The minimum atomic E-state index is -0.330. The maximum atomic E-state index is 12.8. The first-order valence-electron chi connectivity index (χ1n) is 7.78. The van der Waals surface area contributed by atoms with Crippen LogP contribution in [0.15, 0.2) is 24.3 Å². The van der Waals surface area contributed by atoms with Gasteiger partial charge in [-0.05, 0) is 31.0 Å². The summed E-state index contributed by atoms with van der Waals surface area (Å²) in [5.41, 5.74) is 1.04. The Bertz CT molecular complexity index is 619. The van der Waals surface area contributed by atoms with Crippen molar-refractivity contribution in [2.75, 3.05) is 19.9 Å². The van der Waals surface area contributed by atoms with E-state index < -0.39 is 0 Å². The van der Waals surface area contributed by atoms with E-state index in [2.05, 4.69) is 6.92 Å².